The fraction of sp³-hybridized carbons (Fsp3) is 0.550. The fourth-order valence-electron chi connectivity index (χ4n) is 3.00. The Morgan fingerprint density at radius 3 is 2.56 bits per heavy atom. The topological polar surface area (TPSA) is 66.0 Å². The summed E-state index contributed by atoms with van der Waals surface area (Å²) in [7, 11) is 3.41. The molecule has 0 saturated heterocycles. The third-order valence-electron chi connectivity index (χ3n) is 4.89. The molecule has 0 spiro atoms. The Morgan fingerprint density at radius 2 is 1.93 bits per heavy atom. The highest BCUT2D eigenvalue weighted by Gasteiger charge is 2.21. The summed E-state index contributed by atoms with van der Waals surface area (Å²) in [6.45, 7) is 4.22. The molecular weight excluding hydrogens is 360 g/mol. The summed E-state index contributed by atoms with van der Waals surface area (Å²) in [5.41, 5.74) is 4.73. The first-order valence-electron chi connectivity index (χ1n) is 9.41. The van der Waals surface area contributed by atoms with Crippen LogP contribution in [0.5, 0.6) is 5.75 Å². The quantitative estimate of drug-likeness (QED) is 0.444. The van der Waals surface area contributed by atoms with E-state index in [1.807, 2.05) is 31.2 Å². The highest BCUT2D eigenvalue weighted by atomic mass is 32.1. The fourth-order valence-corrected chi connectivity index (χ4v) is 3.19. The molecule has 148 valence electrons. The molecule has 0 heterocycles. The molecule has 1 saturated carbocycles. The second-order valence-corrected chi connectivity index (χ2v) is 7.66. The predicted molar refractivity (Wildman–Crippen MR) is 113 cm³/mol. The second-order valence-electron chi connectivity index (χ2n) is 7.25. The van der Waals surface area contributed by atoms with E-state index in [2.05, 4.69) is 22.8 Å². The molecule has 27 heavy (non-hydrogen) atoms. The van der Waals surface area contributed by atoms with Crippen molar-refractivity contribution in [1.82, 2.24) is 15.6 Å². The van der Waals surface area contributed by atoms with Crippen LogP contribution in [0.2, 0.25) is 0 Å². The molecule has 7 heteroatoms. The van der Waals surface area contributed by atoms with Crippen molar-refractivity contribution >= 4 is 28.9 Å². The highest BCUT2D eigenvalue weighted by molar-refractivity contribution is 7.80. The summed E-state index contributed by atoms with van der Waals surface area (Å²) in [6.07, 6.45) is 4.96. The van der Waals surface area contributed by atoms with E-state index in [-0.39, 0.29) is 12.5 Å². The summed E-state index contributed by atoms with van der Waals surface area (Å²) in [6, 6.07) is 7.91. The number of ether oxygens (including phenoxy) is 1. The summed E-state index contributed by atoms with van der Waals surface area (Å²) < 4.78 is 5.48. The molecule has 0 aromatic heterocycles. The molecule has 0 aliphatic heterocycles. The van der Waals surface area contributed by atoms with E-state index in [4.69, 9.17) is 17.0 Å². The predicted octanol–water partition coefficient (Wildman–Crippen LogP) is 2.92. The molecule has 2 atom stereocenters. The van der Waals surface area contributed by atoms with E-state index in [9.17, 15) is 4.79 Å². The van der Waals surface area contributed by atoms with Crippen LogP contribution in [0.4, 0.5) is 0 Å². The summed E-state index contributed by atoms with van der Waals surface area (Å²) in [5.74, 6) is 1.21. The third-order valence-corrected chi connectivity index (χ3v) is 5.10. The lowest BCUT2D eigenvalue weighted by Crippen LogP contribution is -2.44. The average molecular weight is 391 g/mol. The molecule has 2 N–H and O–H groups in total. The van der Waals surface area contributed by atoms with Crippen molar-refractivity contribution < 1.29 is 9.53 Å². The van der Waals surface area contributed by atoms with Gasteiger partial charge in [0.2, 0.25) is 0 Å². The number of likely N-dealkylation sites (N-methyl/N-ethyl adjacent to an activating group) is 1. The van der Waals surface area contributed by atoms with Crippen LogP contribution in [-0.2, 0) is 4.79 Å². The highest BCUT2D eigenvalue weighted by Crippen LogP contribution is 2.23. The van der Waals surface area contributed by atoms with E-state index in [1.165, 1.54) is 24.2 Å². The van der Waals surface area contributed by atoms with Gasteiger partial charge in [0.15, 0.2) is 11.7 Å². The number of nitrogens with one attached hydrogen (secondary N) is 2. The lowest BCUT2D eigenvalue weighted by molar-refractivity contribution is -0.130. The minimum atomic E-state index is -0.0747. The first-order chi connectivity index (χ1) is 12.9. The smallest absolute Gasteiger partial charge is 0.259 e. The van der Waals surface area contributed by atoms with Crippen LogP contribution in [0.25, 0.3) is 0 Å². The minimum absolute atomic E-state index is 0.0283. The lowest BCUT2D eigenvalue weighted by Gasteiger charge is -2.30. The van der Waals surface area contributed by atoms with E-state index >= 15 is 0 Å². The number of hydrogen-bond acceptors (Lipinski definition) is 4. The molecule has 2 rings (SSSR count). The Morgan fingerprint density at radius 1 is 1.26 bits per heavy atom. The summed E-state index contributed by atoms with van der Waals surface area (Å²) in [4.78, 5) is 13.1. The zero-order valence-electron chi connectivity index (χ0n) is 16.6. The Kier molecular flexibility index (Phi) is 8.03. The van der Waals surface area contributed by atoms with Crippen LogP contribution in [0.1, 0.15) is 45.1 Å². The van der Waals surface area contributed by atoms with Gasteiger partial charge in [0.1, 0.15) is 5.75 Å². The zero-order valence-corrected chi connectivity index (χ0v) is 17.4. The molecule has 1 amide bonds. The number of carbonyl (C=O) groups excluding carboxylic acids is 1. The second kappa shape index (κ2) is 10.3. The van der Waals surface area contributed by atoms with Crippen LogP contribution in [0.3, 0.4) is 0 Å². The normalized spacial score (nSPS) is 19.9. The van der Waals surface area contributed by atoms with Gasteiger partial charge in [0.05, 0.1) is 5.71 Å². The van der Waals surface area contributed by atoms with Gasteiger partial charge in [-0.1, -0.05) is 19.8 Å². The number of thiocarbonyl (C=S) groups is 1. The molecule has 6 nitrogen and oxygen atoms in total. The van der Waals surface area contributed by atoms with Crippen LogP contribution in [-0.4, -0.2) is 48.4 Å². The van der Waals surface area contributed by atoms with Gasteiger partial charge in [-0.3, -0.25) is 10.2 Å². The first-order valence-corrected chi connectivity index (χ1v) is 9.82. The molecule has 0 bridgehead atoms. The van der Waals surface area contributed by atoms with Gasteiger partial charge in [-0.25, -0.2) is 0 Å². The molecular formula is C20H30N4O2S. The van der Waals surface area contributed by atoms with Crippen molar-refractivity contribution in [3.05, 3.63) is 29.8 Å². The molecule has 1 fully saturated rings. The lowest BCUT2D eigenvalue weighted by atomic mass is 9.86. The van der Waals surface area contributed by atoms with Crippen molar-refractivity contribution in [3.8, 4) is 5.75 Å². The van der Waals surface area contributed by atoms with Gasteiger partial charge in [0.25, 0.3) is 5.91 Å². The number of rotatable bonds is 6. The number of benzene rings is 1. The van der Waals surface area contributed by atoms with E-state index in [0.717, 1.165) is 17.7 Å². The van der Waals surface area contributed by atoms with Crippen LogP contribution in [0, 0.1) is 5.92 Å². The number of hydrogen-bond donors (Lipinski definition) is 2. The number of amides is 1. The summed E-state index contributed by atoms with van der Waals surface area (Å²) >= 11 is 5.37. The third kappa shape index (κ3) is 6.82. The standard InChI is InChI=1S/C20H30N4O2S/c1-14-7-5-6-8-18(14)21-20(27)23-22-15(2)16-9-11-17(12-10-16)26-13-19(25)24(3)4/h9-12,14,18H,5-8,13H2,1-4H3,(H2,21,23,27)/b22-15-/t14-,18+/m1/s1. The molecule has 0 unspecified atom stereocenters. The number of carbonyl (C=O) groups is 1. The average Bonchev–Trinajstić information content (AvgIpc) is 2.66. The Labute approximate surface area is 167 Å². The van der Waals surface area contributed by atoms with Gasteiger partial charge in [-0.15, -0.1) is 0 Å². The van der Waals surface area contributed by atoms with Crippen LogP contribution >= 0.6 is 12.2 Å². The van der Waals surface area contributed by atoms with Gasteiger partial charge in [0, 0.05) is 20.1 Å². The van der Waals surface area contributed by atoms with Crippen molar-refractivity contribution in [2.45, 2.75) is 45.6 Å². The van der Waals surface area contributed by atoms with E-state index < -0.39 is 0 Å². The molecule has 1 aliphatic rings. The van der Waals surface area contributed by atoms with Crippen LogP contribution in [0.15, 0.2) is 29.4 Å². The molecule has 0 radical (unpaired) electrons. The van der Waals surface area contributed by atoms with Gasteiger partial charge >= 0.3 is 0 Å². The van der Waals surface area contributed by atoms with Gasteiger partial charge < -0.3 is 15.0 Å². The SMILES string of the molecule is C/C(=N/NC(=S)N[C@H]1CCCC[C@H]1C)c1ccc(OCC(=O)N(C)C)cc1. The largest absolute Gasteiger partial charge is 0.484 e. The van der Waals surface area contributed by atoms with E-state index in [0.29, 0.717) is 22.8 Å². The van der Waals surface area contributed by atoms with Crippen molar-refractivity contribution in [2.24, 2.45) is 11.0 Å². The zero-order chi connectivity index (χ0) is 19.8. The molecule has 1 aromatic carbocycles. The number of nitrogens with zero attached hydrogens (tertiary/aromatic N) is 2. The summed E-state index contributed by atoms with van der Waals surface area (Å²) in [5, 5.41) is 8.32. The Balaban J connectivity index is 1.84. The van der Waals surface area contributed by atoms with Crippen molar-refractivity contribution in [1.29, 1.82) is 0 Å². The maximum atomic E-state index is 11.6. The molecule has 1 aliphatic carbocycles. The van der Waals surface area contributed by atoms with E-state index in [1.54, 1.807) is 14.1 Å². The van der Waals surface area contributed by atoms with Gasteiger partial charge in [-0.2, -0.15) is 5.10 Å². The maximum Gasteiger partial charge on any atom is 0.259 e. The maximum absolute atomic E-state index is 11.6. The Bertz CT molecular complexity index is 673. The Hall–Kier alpha value is -2.15. The number of hydrazone groups is 1. The van der Waals surface area contributed by atoms with Gasteiger partial charge in [-0.05, 0) is 67.7 Å². The molecule has 1 aromatic rings. The first kappa shape index (κ1) is 21.2. The minimum Gasteiger partial charge on any atom is -0.484 e. The van der Waals surface area contributed by atoms with Crippen molar-refractivity contribution in [3.63, 3.8) is 0 Å². The van der Waals surface area contributed by atoms with Crippen LogP contribution < -0.4 is 15.5 Å². The monoisotopic (exact) mass is 390 g/mol. The van der Waals surface area contributed by atoms with Crippen molar-refractivity contribution in [2.75, 3.05) is 20.7 Å².